The number of hydrogen-bond donors (Lipinski definition) is 1. The minimum atomic E-state index is -0.676. The highest BCUT2D eigenvalue weighted by atomic mass is 16.5. The van der Waals surface area contributed by atoms with Crippen molar-refractivity contribution in [3.63, 3.8) is 0 Å². The van der Waals surface area contributed by atoms with Gasteiger partial charge in [0.25, 0.3) is 11.7 Å². The first kappa shape index (κ1) is 10.8. The number of esters is 1. The zero-order chi connectivity index (χ0) is 12.3. The third-order valence-corrected chi connectivity index (χ3v) is 1.87. The van der Waals surface area contributed by atoms with Crippen LogP contribution >= 0.6 is 0 Å². The maximum absolute atomic E-state index is 11.3. The number of hydrogen-bond acceptors (Lipinski definition) is 7. The van der Waals surface area contributed by atoms with E-state index in [0.29, 0.717) is 5.56 Å². The first-order valence-electron chi connectivity index (χ1n) is 4.71. The number of H-pyrrole nitrogens is 1. The molecule has 0 fully saturated rings. The minimum absolute atomic E-state index is 0.0401. The molecule has 2 rings (SSSR count). The maximum Gasteiger partial charge on any atom is 0.379 e. The fourth-order valence-corrected chi connectivity index (χ4v) is 1.14. The van der Waals surface area contributed by atoms with E-state index in [9.17, 15) is 4.79 Å². The topological polar surface area (TPSA) is 118 Å². The van der Waals surface area contributed by atoms with Gasteiger partial charge in [0.1, 0.15) is 11.8 Å². The summed E-state index contributed by atoms with van der Waals surface area (Å²) in [7, 11) is 0. The lowest BCUT2D eigenvalue weighted by Gasteiger charge is -1.93. The van der Waals surface area contributed by atoms with Crippen molar-refractivity contribution in [2.75, 3.05) is 6.61 Å². The Balaban J connectivity index is 2.31. The highest BCUT2D eigenvalue weighted by Crippen LogP contribution is 2.19. The first-order chi connectivity index (χ1) is 8.26. The second-order valence-corrected chi connectivity index (χ2v) is 2.91. The van der Waals surface area contributed by atoms with E-state index in [-0.39, 0.29) is 24.0 Å². The van der Waals surface area contributed by atoms with Gasteiger partial charge in [-0.1, -0.05) is 0 Å². The van der Waals surface area contributed by atoms with Crippen molar-refractivity contribution < 1.29 is 14.1 Å². The number of carbonyl (C=O) groups is 1. The van der Waals surface area contributed by atoms with Gasteiger partial charge in [0, 0.05) is 0 Å². The molecule has 2 aromatic rings. The summed E-state index contributed by atoms with van der Waals surface area (Å²) in [4.78, 5) is 15.1. The van der Waals surface area contributed by atoms with Crippen LogP contribution in [0.2, 0.25) is 0 Å². The van der Waals surface area contributed by atoms with Gasteiger partial charge < -0.3 is 9.26 Å². The summed E-state index contributed by atoms with van der Waals surface area (Å²) in [6.07, 6.45) is 1.36. The smallest absolute Gasteiger partial charge is 0.379 e. The van der Waals surface area contributed by atoms with Gasteiger partial charge in [-0.05, 0) is 12.1 Å². The summed E-state index contributed by atoms with van der Waals surface area (Å²) in [5.41, 5.74) is 0.527. The molecular formula is C9H7N5O3. The number of rotatable bonds is 3. The van der Waals surface area contributed by atoms with E-state index in [0.717, 1.165) is 0 Å². The highest BCUT2D eigenvalue weighted by molar-refractivity contribution is 5.85. The highest BCUT2D eigenvalue weighted by Gasteiger charge is 2.19. The molecule has 0 aliphatic heterocycles. The number of carbonyl (C=O) groups excluding carboxylic acids is 1. The fourth-order valence-electron chi connectivity index (χ4n) is 1.14. The van der Waals surface area contributed by atoms with E-state index in [1.54, 1.807) is 6.92 Å². The van der Waals surface area contributed by atoms with Crippen LogP contribution in [0, 0.1) is 11.3 Å². The van der Waals surface area contributed by atoms with Crippen LogP contribution in [-0.4, -0.2) is 32.9 Å². The van der Waals surface area contributed by atoms with Crippen LogP contribution in [0.15, 0.2) is 10.7 Å². The van der Waals surface area contributed by atoms with Gasteiger partial charge in [0.05, 0.1) is 18.4 Å². The largest absolute Gasteiger partial charge is 0.460 e. The third-order valence-electron chi connectivity index (χ3n) is 1.87. The van der Waals surface area contributed by atoms with Gasteiger partial charge in [-0.15, -0.1) is 0 Å². The summed E-state index contributed by atoms with van der Waals surface area (Å²) >= 11 is 0. The van der Waals surface area contributed by atoms with Crippen LogP contribution in [0.4, 0.5) is 0 Å². The van der Waals surface area contributed by atoms with Crippen molar-refractivity contribution in [2.45, 2.75) is 6.92 Å². The van der Waals surface area contributed by atoms with E-state index in [1.807, 2.05) is 6.07 Å². The van der Waals surface area contributed by atoms with Crippen molar-refractivity contribution in [3.05, 3.63) is 17.7 Å². The van der Waals surface area contributed by atoms with Crippen molar-refractivity contribution in [2.24, 2.45) is 0 Å². The molecule has 8 heteroatoms. The maximum atomic E-state index is 11.3. The molecule has 0 aromatic carbocycles. The molecule has 0 bridgehead atoms. The Bertz CT molecular complexity index is 579. The average Bonchev–Trinajstić information content (AvgIpc) is 2.97. The van der Waals surface area contributed by atoms with E-state index in [4.69, 9.17) is 14.5 Å². The normalized spacial score (nSPS) is 9.88. The molecule has 0 aliphatic carbocycles. The quantitative estimate of drug-likeness (QED) is 0.767. The van der Waals surface area contributed by atoms with Gasteiger partial charge in [-0.3, -0.25) is 5.10 Å². The Labute approximate surface area is 95.2 Å². The van der Waals surface area contributed by atoms with E-state index in [2.05, 4.69) is 20.3 Å². The molecule has 0 radical (unpaired) electrons. The molecule has 1 N–H and O–H groups in total. The Hall–Kier alpha value is -2.69. The Kier molecular flexibility index (Phi) is 2.83. The second-order valence-electron chi connectivity index (χ2n) is 2.91. The molecule has 2 aromatic heterocycles. The lowest BCUT2D eigenvalue weighted by molar-refractivity contribution is 0.0508. The van der Waals surface area contributed by atoms with E-state index < -0.39 is 5.97 Å². The third kappa shape index (κ3) is 1.98. The van der Waals surface area contributed by atoms with Crippen molar-refractivity contribution in [1.82, 2.24) is 20.3 Å². The number of nitriles is 1. The average molecular weight is 233 g/mol. The van der Waals surface area contributed by atoms with Crippen molar-refractivity contribution >= 4 is 5.97 Å². The molecule has 0 amide bonds. The van der Waals surface area contributed by atoms with Crippen LogP contribution < -0.4 is 0 Å². The molecule has 0 atom stereocenters. The van der Waals surface area contributed by atoms with Crippen molar-refractivity contribution in [3.8, 4) is 17.5 Å². The predicted molar refractivity (Wildman–Crippen MR) is 52.6 cm³/mol. The molecular weight excluding hydrogens is 226 g/mol. The lowest BCUT2D eigenvalue weighted by atomic mass is 10.2. The lowest BCUT2D eigenvalue weighted by Crippen LogP contribution is -2.06. The van der Waals surface area contributed by atoms with Crippen LogP contribution in [-0.2, 0) is 4.74 Å². The zero-order valence-corrected chi connectivity index (χ0v) is 8.80. The summed E-state index contributed by atoms with van der Waals surface area (Å²) in [5, 5.41) is 18.4. The van der Waals surface area contributed by atoms with Gasteiger partial charge in [0.2, 0.25) is 0 Å². The minimum Gasteiger partial charge on any atom is -0.460 e. The Morgan fingerprint density at radius 1 is 1.71 bits per heavy atom. The standard InChI is InChI=1S/C9H7N5O3/c1-2-16-9(15)7-12-8(17-14-7)5-4-11-13-6(5)3-10/h4H,2H2,1H3,(H,11,13). The molecule has 0 saturated carbocycles. The molecule has 2 heterocycles. The van der Waals surface area contributed by atoms with E-state index in [1.165, 1.54) is 6.20 Å². The number of aromatic nitrogens is 4. The van der Waals surface area contributed by atoms with Gasteiger partial charge in [-0.2, -0.15) is 15.3 Å². The zero-order valence-electron chi connectivity index (χ0n) is 8.80. The molecule has 86 valence electrons. The molecule has 8 nitrogen and oxygen atoms in total. The second kappa shape index (κ2) is 4.44. The number of aromatic amines is 1. The molecule has 0 unspecified atom stereocenters. The fraction of sp³-hybridized carbons (Fsp3) is 0.222. The van der Waals surface area contributed by atoms with E-state index >= 15 is 0 Å². The Morgan fingerprint density at radius 3 is 3.24 bits per heavy atom. The summed E-state index contributed by atoms with van der Waals surface area (Å²) in [6.45, 7) is 1.89. The van der Waals surface area contributed by atoms with Crippen LogP contribution in [0.5, 0.6) is 0 Å². The predicted octanol–water partition coefficient (Wildman–Crippen LogP) is 0.508. The molecule has 17 heavy (non-hydrogen) atoms. The SMILES string of the molecule is CCOC(=O)c1noc(-c2cn[nH]c2C#N)n1. The first-order valence-corrected chi connectivity index (χ1v) is 4.71. The molecule has 0 saturated heterocycles. The summed E-state index contributed by atoms with van der Waals surface area (Å²) in [6, 6.07) is 1.88. The number of ether oxygens (including phenoxy) is 1. The number of nitrogens with zero attached hydrogens (tertiary/aromatic N) is 4. The van der Waals surface area contributed by atoms with Gasteiger partial charge >= 0.3 is 5.97 Å². The van der Waals surface area contributed by atoms with Crippen molar-refractivity contribution in [1.29, 1.82) is 5.26 Å². The molecule has 0 aliphatic rings. The van der Waals surface area contributed by atoms with Gasteiger partial charge in [0.15, 0.2) is 0 Å². The monoisotopic (exact) mass is 233 g/mol. The van der Waals surface area contributed by atoms with Crippen LogP contribution in [0.25, 0.3) is 11.5 Å². The summed E-state index contributed by atoms with van der Waals surface area (Å²) < 4.78 is 9.55. The summed E-state index contributed by atoms with van der Waals surface area (Å²) in [5.74, 6) is -0.824. The van der Waals surface area contributed by atoms with Crippen LogP contribution in [0.3, 0.4) is 0 Å². The van der Waals surface area contributed by atoms with Crippen LogP contribution in [0.1, 0.15) is 23.2 Å². The Morgan fingerprint density at radius 2 is 2.53 bits per heavy atom. The molecule has 0 spiro atoms. The number of nitrogens with one attached hydrogen (secondary N) is 1. The van der Waals surface area contributed by atoms with Gasteiger partial charge in [-0.25, -0.2) is 4.79 Å².